The summed E-state index contributed by atoms with van der Waals surface area (Å²) in [6, 6.07) is 15.0. The van der Waals surface area contributed by atoms with Crippen LogP contribution in [0.3, 0.4) is 0 Å². The number of carbonyl (C=O) groups is 1. The zero-order chi connectivity index (χ0) is 24.5. The normalized spacial score (nSPS) is 20.4. The molecule has 0 aromatic heterocycles. The van der Waals surface area contributed by atoms with Gasteiger partial charge in [0.15, 0.2) is 8.32 Å². The minimum Gasteiger partial charge on any atom is -0.414 e. The van der Waals surface area contributed by atoms with Crippen molar-refractivity contribution in [2.45, 2.75) is 83.2 Å². The number of aryl methyl sites for hydroxylation is 2. The van der Waals surface area contributed by atoms with Gasteiger partial charge in [0, 0.05) is 37.1 Å². The van der Waals surface area contributed by atoms with Crippen molar-refractivity contribution in [3.8, 4) is 0 Å². The lowest BCUT2D eigenvalue weighted by Crippen LogP contribution is -2.46. The number of hydrogen-bond donors (Lipinski definition) is 2. The molecule has 0 fully saturated rings. The van der Waals surface area contributed by atoms with Crippen LogP contribution in [0.2, 0.25) is 18.1 Å². The Morgan fingerprint density at radius 2 is 1.76 bits per heavy atom. The first-order chi connectivity index (χ1) is 16.0. The van der Waals surface area contributed by atoms with Gasteiger partial charge in [0.05, 0.1) is 0 Å². The lowest BCUT2D eigenvalue weighted by molar-refractivity contribution is 0.165. The quantitative estimate of drug-likeness (QED) is 0.507. The van der Waals surface area contributed by atoms with E-state index in [4.69, 9.17) is 4.43 Å². The molecule has 0 spiro atoms. The number of urea groups is 1. The summed E-state index contributed by atoms with van der Waals surface area (Å²) in [6.45, 7) is 12.1. The summed E-state index contributed by atoms with van der Waals surface area (Å²) in [5.41, 5.74) is 6.13. The SMILES string of the molecule is CN1c2ccccc2CCC1CNC(=O)Nc1cccc2c1CC(O[Si](C)(C)C(C)(C)C)CC2. The molecule has 2 unspecified atom stereocenters. The Morgan fingerprint density at radius 3 is 2.53 bits per heavy atom. The lowest BCUT2D eigenvalue weighted by Gasteiger charge is -2.40. The molecule has 1 aliphatic carbocycles. The molecule has 2 aliphatic rings. The van der Waals surface area contributed by atoms with Gasteiger partial charge in [0.25, 0.3) is 0 Å². The third-order valence-corrected chi connectivity index (χ3v) is 12.7. The van der Waals surface area contributed by atoms with E-state index in [0.29, 0.717) is 12.6 Å². The monoisotopic (exact) mass is 479 g/mol. The molecule has 6 heteroatoms. The summed E-state index contributed by atoms with van der Waals surface area (Å²) in [7, 11) is 0.292. The third kappa shape index (κ3) is 5.33. The fourth-order valence-corrected chi connectivity index (χ4v) is 6.35. The highest BCUT2D eigenvalue weighted by Crippen LogP contribution is 2.39. The molecule has 1 aliphatic heterocycles. The van der Waals surface area contributed by atoms with Crippen molar-refractivity contribution in [3.05, 3.63) is 59.2 Å². The first kappa shape index (κ1) is 24.8. The molecule has 1 heterocycles. The van der Waals surface area contributed by atoms with E-state index >= 15 is 0 Å². The number of likely N-dealkylation sites (N-methyl/N-ethyl adjacent to an activating group) is 1. The topological polar surface area (TPSA) is 53.6 Å². The molecule has 2 aromatic carbocycles. The predicted octanol–water partition coefficient (Wildman–Crippen LogP) is 6.14. The summed E-state index contributed by atoms with van der Waals surface area (Å²) in [5, 5.41) is 6.46. The van der Waals surface area contributed by atoms with E-state index in [1.54, 1.807) is 0 Å². The first-order valence-corrected chi connectivity index (χ1v) is 15.6. The number of carbonyl (C=O) groups excluding carboxylic acids is 1. The number of anilines is 2. The maximum atomic E-state index is 12.9. The molecule has 34 heavy (non-hydrogen) atoms. The van der Waals surface area contributed by atoms with Crippen molar-refractivity contribution in [1.82, 2.24) is 5.32 Å². The van der Waals surface area contributed by atoms with E-state index in [1.807, 2.05) is 6.07 Å². The van der Waals surface area contributed by atoms with Crippen LogP contribution in [0.5, 0.6) is 0 Å². The molecule has 4 rings (SSSR count). The second kappa shape index (κ2) is 9.74. The van der Waals surface area contributed by atoms with Gasteiger partial charge in [-0.3, -0.25) is 0 Å². The number of hydrogen-bond acceptors (Lipinski definition) is 3. The first-order valence-electron chi connectivity index (χ1n) is 12.7. The molecule has 0 bridgehead atoms. The maximum Gasteiger partial charge on any atom is 0.319 e. The number of amides is 2. The Hall–Kier alpha value is -2.31. The third-order valence-electron chi connectivity index (χ3n) is 8.12. The van der Waals surface area contributed by atoms with Crippen molar-refractivity contribution in [3.63, 3.8) is 0 Å². The largest absolute Gasteiger partial charge is 0.414 e. The average Bonchev–Trinajstić information content (AvgIpc) is 2.78. The van der Waals surface area contributed by atoms with Gasteiger partial charge < -0.3 is 20.0 Å². The van der Waals surface area contributed by atoms with Gasteiger partial charge in [0.1, 0.15) is 0 Å². The van der Waals surface area contributed by atoms with Crippen LogP contribution >= 0.6 is 0 Å². The van der Waals surface area contributed by atoms with Crippen molar-refractivity contribution < 1.29 is 9.22 Å². The Kier molecular flexibility index (Phi) is 7.11. The van der Waals surface area contributed by atoms with Gasteiger partial charge in [-0.2, -0.15) is 0 Å². The van der Waals surface area contributed by atoms with Gasteiger partial charge in [-0.05, 0) is 79.1 Å². The number of nitrogens with one attached hydrogen (secondary N) is 2. The molecular weight excluding hydrogens is 438 g/mol. The van der Waals surface area contributed by atoms with Gasteiger partial charge in [-0.1, -0.05) is 51.1 Å². The van der Waals surface area contributed by atoms with Crippen LogP contribution in [0.25, 0.3) is 0 Å². The fourth-order valence-electron chi connectivity index (χ4n) is 4.96. The summed E-state index contributed by atoms with van der Waals surface area (Å²) >= 11 is 0. The Bertz CT molecular complexity index is 1030. The minimum absolute atomic E-state index is 0.131. The van der Waals surface area contributed by atoms with Crippen molar-refractivity contribution in [2.75, 3.05) is 23.8 Å². The molecule has 2 atom stereocenters. The van der Waals surface area contributed by atoms with E-state index in [-0.39, 0.29) is 17.2 Å². The standard InChI is InChI=1S/C28H41N3O2Si/c1-28(2,3)34(5,6)33-23-17-15-20-11-9-12-25(24(20)18-23)30-27(32)29-19-22-16-14-21-10-7-8-13-26(21)31(22)4/h7-13,22-23H,14-19H2,1-6H3,(H2,29,30,32). The molecule has 0 saturated carbocycles. The van der Waals surface area contributed by atoms with Crippen LogP contribution in [0.1, 0.15) is 50.3 Å². The zero-order valence-electron chi connectivity index (χ0n) is 21.7. The van der Waals surface area contributed by atoms with Gasteiger partial charge in [-0.25, -0.2) is 4.79 Å². The van der Waals surface area contributed by atoms with Gasteiger partial charge in [-0.15, -0.1) is 0 Å². The summed E-state index contributed by atoms with van der Waals surface area (Å²) in [4.78, 5) is 15.2. The fraction of sp³-hybridized carbons (Fsp3) is 0.536. The maximum absolute atomic E-state index is 12.9. The van der Waals surface area contributed by atoms with E-state index in [1.165, 1.54) is 22.4 Å². The number of para-hydroxylation sites is 1. The lowest BCUT2D eigenvalue weighted by atomic mass is 9.88. The van der Waals surface area contributed by atoms with Crippen LogP contribution < -0.4 is 15.5 Å². The van der Waals surface area contributed by atoms with Gasteiger partial charge >= 0.3 is 6.03 Å². The highest BCUT2D eigenvalue weighted by Gasteiger charge is 2.40. The Balaban J connectivity index is 1.37. The predicted molar refractivity (Wildman–Crippen MR) is 145 cm³/mol. The summed E-state index contributed by atoms with van der Waals surface area (Å²) < 4.78 is 6.73. The molecular formula is C28H41N3O2Si. The summed E-state index contributed by atoms with van der Waals surface area (Å²) in [6.07, 6.45) is 5.22. The molecule has 184 valence electrons. The second-order valence-corrected chi connectivity index (χ2v) is 16.2. The summed E-state index contributed by atoms with van der Waals surface area (Å²) in [5.74, 6) is 0. The van der Waals surface area contributed by atoms with Gasteiger partial charge in [0.2, 0.25) is 0 Å². The molecule has 2 aromatic rings. The molecule has 5 nitrogen and oxygen atoms in total. The highest BCUT2D eigenvalue weighted by atomic mass is 28.4. The van der Waals surface area contributed by atoms with Crippen LogP contribution in [0, 0.1) is 0 Å². The van der Waals surface area contributed by atoms with E-state index < -0.39 is 8.32 Å². The van der Waals surface area contributed by atoms with Crippen molar-refractivity contribution in [1.29, 1.82) is 0 Å². The zero-order valence-corrected chi connectivity index (χ0v) is 22.7. The van der Waals surface area contributed by atoms with E-state index in [2.05, 4.69) is 92.8 Å². The van der Waals surface area contributed by atoms with Crippen LogP contribution in [-0.4, -0.2) is 40.1 Å². The number of nitrogens with zero attached hydrogens (tertiary/aromatic N) is 1. The molecule has 0 radical (unpaired) electrons. The van der Waals surface area contributed by atoms with E-state index in [0.717, 1.165) is 37.8 Å². The number of benzene rings is 2. The van der Waals surface area contributed by atoms with Crippen LogP contribution in [0.4, 0.5) is 16.2 Å². The number of fused-ring (bicyclic) bond motifs is 2. The Morgan fingerprint density at radius 1 is 1.06 bits per heavy atom. The van der Waals surface area contributed by atoms with Crippen LogP contribution in [-0.2, 0) is 23.7 Å². The highest BCUT2D eigenvalue weighted by molar-refractivity contribution is 6.74. The average molecular weight is 480 g/mol. The van der Waals surface area contributed by atoms with Crippen molar-refractivity contribution >= 4 is 25.7 Å². The van der Waals surface area contributed by atoms with Crippen molar-refractivity contribution in [2.24, 2.45) is 0 Å². The second-order valence-electron chi connectivity index (χ2n) is 11.5. The van der Waals surface area contributed by atoms with E-state index in [9.17, 15) is 4.79 Å². The smallest absolute Gasteiger partial charge is 0.319 e. The molecule has 2 amide bonds. The van der Waals surface area contributed by atoms with Crippen LogP contribution in [0.15, 0.2) is 42.5 Å². The molecule has 2 N–H and O–H groups in total. The Labute approximate surface area is 206 Å². The number of rotatable bonds is 5. The minimum atomic E-state index is -1.83. The molecule has 0 saturated heterocycles.